The highest BCUT2D eigenvalue weighted by Gasteiger charge is 2.54. The third-order valence-corrected chi connectivity index (χ3v) is 5.44. The molecule has 1 heterocycles. The summed E-state index contributed by atoms with van der Waals surface area (Å²) in [5.74, 6) is 0. The van der Waals surface area contributed by atoms with Crippen LogP contribution >= 0.6 is 0 Å². The Morgan fingerprint density at radius 2 is 2.05 bits per heavy atom. The minimum atomic E-state index is -0.833. The van der Waals surface area contributed by atoms with Crippen LogP contribution in [0.25, 0.3) is 10.8 Å². The van der Waals surface area contributed by atoms with Gasteiger partial charge in [0.2, 0.25) is 0 Å². The van der Waals surface area contributed by atoms with Crippen molar-refractivity contribution in [2.24, 2.45) is 0 Å². The predicted molar refractivity (Wildman–Crippen MR) is 79.3 cm³/mol. The first-order valence-electron chi connectivity index (χ1n) is 7.76. The van der Waals surface area contributed by atoms with Gasteiger partial charge in [-0.3, -0.25) is 0 Å². The van der Waals surface area contributed by atoms with Gasteiger partial charge in [0.25, 0.3) is 0 Å². The lowest BCUT2D eigenvalue weighted by atomic mass is 9.82. The van der Waals surface area contributed by atoms with E-state index in [4.69, 9.17) is 4.74 Å². The Morgan fingerprint density at radius 1 is 1.19 bits per heavy atom. The van der Waals surface area contributed by atoms with Crippen molar-refractivity contribution in [2.45, 2.75) is 50.6 Å². The molecule has 0 spiro atoms. The van der Waals surface area contributed by atoms with E-state index < -0.39 is 12.2 Å². The van der Waals surface area contributed by atoms with Gasteiger partial charge in [-0.25, -0.2) is 0 Å². The first kappa shape index (κ1) is 12.2. The van der Waals surface area contributed by atoms with Crippen molar-refractivity contribution >= 4 is 10.8 Å². The van der Waals surface area contributed by atoms with Crippen LogP contribution in [0.3, 0.4) is 0 Å². The summed E-state index contributed by atoms with van der Waals surface area (Å²) < 4.78 is 5.66. The lowest BCUT2D eigenvalue weighted by Crippen LogP contribution is -2.29. The van der Waals surface area contributed by atoms with Gasteiger partial charge in [0, 0.05) is 0 Å². The second kappa shape index (κ2) is 3.86. The summed E-state index contributed by atoms with van der Waals surface area (Å²) in [6.45, 7) is 2.15. The monoisotopic (exact) mass is 282 g/mol. The van der Waals surface area contributed by atoms with Gasteiger partial charge in [0.05, 0.1) is 0 Å². The number of ether oxygens (including phenoxy) is 1. The zero-order valence-electron chi connectivity index (χ0n) is 12.0. The molecule has 0 bridgehead atoms. The van der Waals surface area contributed by atoms with Crippen LogP contribution in [0.15, 0.2) is 18.2 Å². The highest BCUT2D eigenvalue weighted by atomic mass is 16.6. The van der Waals surface area contributed by atoms with Crippen LogP contribution < -0.4 is 0 Å². The molecule has 2 aromatic rings. The van der Waals surface area contributed by atoms with E-state index >= 15 is 0 Å². The Bertz CT molecular complexity index is 780. The number of aliphatic hydroxyl groups excluding tert-OH is 2. The molecular formula is C18H18O3. The molecule has 21 heavy (non-hydrogen) atoms. The van der Waals surface area contributed by atoms with Crippen LogP contribution in [0, 0.1) is 6.92 Å². The van der Waals surface area contributed by atoms with Gasteiger partial charge in [-0.15, -0.1) is 0 Å². The quantitative estimate of drug-likeness (QED) is 0.730. The molecule has 0 unspecified atom stereocenters. The van der Waals surface area contributed by atoms with E-state index in [1.54, 1.807) is 0 Å². The highest BCUT2D eigenvalue weighted by Crippen LogP contribution is 2.54. The number of aliphatic hydroxyl groups is 2. The third-order valence-electron chi connectivity index (χ3n) is 5.44. The number of fused-ring (bicyclic) bond motifs is 7. The van der Waals surface area contributed by atoms with Gasteiger partial charge >= 0.3 is 0 Å². The highest BCUT2D eigenvalue weighted by molar-refractivity contribution is 5.94. The minimum Gasteiger partial charge on any atom is -0.387 e. The molecule has 0 amide bonds. The van der Waals surface area contributed by atoms with Gasteiger partial charge < -0.3 is 14.9 Å². The molecule has 1 saturated heterocycles. The Balaban J connectivity index is 1.88. The zero-order chi connectivity index (χ0) is 14.3. The molecule has 2 aliphatic carbocycles. The van der Waals surface area contributed by atoms with Crippen molar-refractivity contribution in [1.82, 2.24) is 0 Å². The Labute approximate surface area is 123 Å². The molecule has 3 nitrogen and oxygen atoms in total. The summed E-state index contributed by atoms with van der Waals surface area (Å²) in [5, 5.41) is 23.0. The fourth-order valence-electron chi connectivity index (χ4n) is 4.42. The molecule has 0 aromatic heterocycles. The van der Waals surface area contributed by atoms with Crippen LogP contribution in [0.1, 0.15) is 46.4 Å². The molecule has 1 fully saturated rings. The summed E-state index contributed by atoms with van der Waals surface area (Å²) >= 11 is 0. The standard InChI is InChI=1S/C18H18O3/c1-8-7-9-3-2-4-10(9)11-5-6-12-14(13(8)11)17-18(21-17)16(20)15(12)19/h5-7,15-20H,2-4H2,1H3/t15-,16+,17+,18-/m1/s1. The fourth-order valence-corrected chi connectivity index (χ4v) is 4.42. The lowest BCUT2D eigenvalue weighted by molar-refractivity contribution is 0.000103. The number of rotatable bonds is 0. The van der Waals surface area contributed by atoms with Crippen LogP contribution in [0.5, 0.6) is 0 Å². The van der Waals surface area contributed by atoms with E-state index in [0.717, 1.165) is 17.5 Å². The first-order valence-corrected chi connectivity index (χ1v) is 7.76. The molecule has 1 aliphatic heterocycles. The van der Waals surface area contributed by atoms with Gasteiger partial charge in [0.15, 0.2) is 0 Å². The van der Waals surface area contributed by atoms with E-state index in [9.17, 15) is 10.2 Å². The Kier molecular flexibility index (Phi) is 2.23. The van der Waals surface area contributed by atoms with Crippen LogP contribution in [0.4, 0.5) is 0 Å². The van der Waals surface area contributed by atoms with Crippen LogP contribution in [-0.4, -0.2) is 22.4 Å². The van der Waals surface area contributed by atoms with E-state index in [-0.39, 0.29) is 12.2 Å². The van der Waals surface area contributed by atoms with Crippen LogP contribution in [0.2, 0.25) is 0 Å². The normalized spacial score (nSPS) is 32.7. The number of aryl methyl sites for hydroxylation is 3. The van der Waals surface area contributed by atoms with Gasteiger partial charge in [-0.05, 0) is 64.8 Å². The maximum absolute atomic E-state index is 10.3. The average Bonchev–Trinajstić information content (AvgIpc) is 3.15. The second-order valence-corrected chi connectivity index (χ2v) is 6.63. The van der Waals surface area contributed by atoms with Gasteiger partial charge in [-0.2, -0.15) is 0 Å². The molecule has 2 N–H and O–H groups in total. The van der Waals surface area contributed by atoms with Crippen molar-refractivity contribution in [3.8, 4) is 0 Å². The zero-order valence-corrected chi connectivity index (χ0v) is 12.0. The molecule has 2 aromatic carbocycles. The number of hydrogen-bond acceptors (Lipinski definition) is 3. The Morgan fingerprint density at radius 3 is 2.90 bits per heavy atom. The predicted octanol–water partition coefficient (Wildman–Crippen LogP) is 2.48. The fraction of sp³-hybridized carbons (Fsp3) is 0.444. The summed E-state index contributed by atoms with van der Waals surface area (Å²) in [5.41, 5.74) is 6.17. The first-order chi connectivity index (χ1) is 10.2. The summed E-state index contributed by atoms with van der Waals surface area (Å²) in [7, 11) is 0. The molecule has 108 valence electrons. The molecule has 3 heteroatoms. The number of hydrogen-bond donors (Lipinski definition) is 2. The molecular weight excluding hydrogens is 264 g/mol. The van der Waals surface area contributed by atoms with Gasteiger partial charge in [-0.1, -0.05) is 18.2 Å². The smallest absolute Gasteiger partial charge is 0.118 e. The largest absolute Gasteiger partial charge is 0.387 e. The Hall–Kier alpha value is -1.42. The van der Waals surface area contributed by atoms with E-state index in [2.05, 4.69) is 19.1 Å². The van der Waals surface area contributed by atoms with E-state index in [1.807, 2.05) is 6.07 Å². The van der Waals surface area contributed by atoms with E-state index in [0.29, 0.717) is 0 Å². The van der Waals surface area contributed by atoms with Crippen molar-refractivity contribution < 1.29 is 14.9 Å². The molecule has 4 atom stereocenters. The van der Waals surface area contributed by atoms with Crippen molar-refractivity contribution in [3.05, 3.63) is 46.0 Å². The van der Waals surface area contributed by atoms with E-state index in [1.165, 1.54) is 40.3 Å². The summed E-state index contributed by atoms with van der Waals surface area (Å²) in [6.07, 6.45) is 1.65. The maximum atomic E-state index is 10.3. The molecule has 5 rings (SSSR count). The SMILES string of the molecule is Cc1cc2c(c3ccc4c(c13)[C@@H]1O[C@@H]1[C@@H](O)[C@@H]4O)CCC2. The minimum absolute atomic E-state index is 0.0414. The number of benzene rings is 2. The van der Waals surface area contributed by atoms with Gasteiger partial charge in [0.1, 0.15) is 24.4 Å². The molecule has 3 aliphatic rings. The topological polar surface area (TPSA) is 53.0 Å². The number of epoxide rings is 1. The second-order valence-electron chi connectivity index (χ2n) is 6.63. The molecule has 0 radical (unpaired) electrons. The third kappa shape index (κ3) is 1.44. The maximum Gasteiger partial charge on any atom is 0.118 e. The van der Waals surface area contributed by atoms with Crippen molar-refractivity contribution in [3.63, 3.8) is 0 Å². The van der Waals surface area contributed by atoms with Crippen molar-refractivity contribution in [1.29, 1.82) is 0 Å². The van der Waals surface area contributed by atoms with Crippen LogP contribution in [-0.2, 0) is 17.6 Å². The lowest BCUT2D eigenvalue weighted by Gasteiger charge is -2.25. The molecule has 0 saturated carbocycles. The summed E-state index contributed by atoms with van der Waals surface area (Å²) in [4.78, 5) is 0. The average molecular weight is 282 g/mol. The summed E-state index contributed by atoms with van der Waals surface area (Å²) in [6, 6.07) is 6.42. The van der Waals surface area contributed by atoms with Crippen molar-refractivity contribution in [2.75, 3.05) is 0 Å².